The lowest BCUT2D eigenvalue weighted by Crippen LogP contribution is -2.21. The van der Waals surface area contributed by atoms with Gasteiger partial charge in [0, 0.05) is 0 Å². The second-order valence-electron chi connectivity index (χ2n) is 7.77. The Labute approximate surface area is 191 Å². The van der Waals surface area contributed by atoms with Crippen molar-refractivity contribution in [1.82, 2.24) is 0 Å². The van der Waals surface area contributed by atoms with Crippen molar-refractivity contribution in [2.45, 2.75) is 38.5 Å². The van der Waals surface area contributed by atoms with Crippen LogP contribution in [0.2, 0.25) is 0 Å². The van der Waals surface area contributed by atoms with E-state index in [1.165, 1.54) is 12.1 Å². The summed E-state index contributed by atoms with van der Waals surface area (Å²) in [6, 6.07) is 2.79. The summed E-state index contributed by atoms with van der Waals surface area (Å²) < 4.78 is 0. The summed E-state index contributed by atoms with van der Waals surface area (Å²) in [5.74, 6) is -2.85. The maximum atomic E-state index is 12.2. The van der Waals surface area contributed by atoms with Crippen LogP contribution in [-0.4, -0.2) is 22.2 Å². The predicted molar refractivity (Wildman–Crippen MR) is 132 cm³/mol. The standard InChI is InChI=1S/C28H34O4/c1-7-11-13-15-21(9-3)19(5)25-23(27(29)30)17-18-24(28(31)32)26(25)20(6)22(10-4)16-14-12-8-2/h7-14,17-22H,1-4,15-16H2,5-6H3,(H,29,30)(H,31,32). The number of allylic oxidation sites excluding steroid dienone is 8. The Morgan fingerprint density at radius 1 is 0.781 bits per heavy atom. The van der Waals surface area contributed by atoms with Gasteiger partial charge in [-0.25, -0.2) is 9.59 Å². The molecule has 4 atom stereocenters. The molecule has 4 nitrogen and oxygen atoms in total. The van der Waals surface area contributed by atoms with E-state index in [0.29, 0.717) is 24.0 Å². The van der Waals surface area contributed by atoms with Gasteiger partial charge >= 0.3 is 11.9 Å². The molecule has 0 aromatic heterocycles. The third-order valence-electron chi connectivity index (χ3n) is 5.91. The zero-order valence-electron chi connectivity index (χ0n) is 19.0. The smallest absolute Gasteiger partial charge is 0.335 e. The van der Waals surface area contributed by atoms with Gasteiger partial charge < -0.3 is 10.2 Å². The van der Waals surface area contributed by atoms with E-state index in [9.17, 15) is 19.8 Å². The van der Waals surface area contributed by atoms with E-state index in [0.717, 1.165) is 0 Å². The molecule has 0 aliphatic rings. The Morgan fingerprint density at radius 2 is 1.12 bits per heavy atom. The lowest BCUT2D eigenvalue weighted by atomic mass is 9.73. The fourth-order valence-corrected chi connectivity index (χ4v) is 4.09. The summed E-state index contributed by atoms with van der Waals surface area (Å²) in [5.41, 5.74) is 1.32. The monoisotopic (exact) mass is 434 g/mol. The Balaban J connectivity index is 3.79. The Morgan fingerprint density at radius 3 is 1.38 bits per heavy atom. The first-order valence-electron chi connectivity index (χ1n) is 10.7. The normalized spacial score (nSPS) is 15.1. The van der Waals surface area contributed by atoms with Gasteiger partial charge in [-0.3, -0.25) is 0 Å². The van der Waals surface area contributed by atoms with Gasteiger partial charge in [0.05, 0.1) is 11.1 Å². The number of hydrogen-bond acceptors (Lipinski definition) is 2. The zero-order chi connectivity index (χ0) is 24.3. The molecule has 0 spiro atoms. The minimum atomic E-state index is -1.08. The van der Waals surface area contributed by atoms with E-state index in [-0.39, 0.29) is 34.8 Å². The van der Waals surface area contributed by atoms with Crippen molar-refractivity contribution in [3.05, 3.63) is 109 Å². The average Bonchev–Trinajstić information content (AvgIpc) is 2.77. The second kappa shape index (κ2) is 13.1. The Kier molecular flexibility index (Phi) is 10.9. The van der Waals surface area contributed by atoms with Gasteiger partial charge in [-0.1, -0.05) is 75.6 Å². The quantitative estimate of drug-likeness (QED) is 0.241. The van der Waals surface area contributed by atoms with Crippen LogP contribution in [0.25, 0.3) is 0 Å². The van der Waals surface area contributed by atoms with Crippen molar-refractivity contribution in [1.29, 1.82) is 0 Å². The van der Waals surface area contributed by atoms with Crippen LogP contribution in [0.1, 0.15) is 70.4 Å². The molecule has 0 aliphatic heterocycles. The number of rotatable bonds is 14. The summed E-state index contributed by atoms with van der Waals surface area (Å²) >= 11 is 0. The molecule has 32 heavy (non-hydrogen) atoms. The molecule has 0 radical (unpaired) electrons. The molecule has 170 valence electrons. The van der Waals surface area contributed by atoms with Crippen molar-refractivity contribution in [2.75, 3.05) is 0 Å². The summed E-state index contributed by atoms with van der Waals surface area (Å²) in [4.78, 5) is 24.3. The molecular weight excluding hydrogens is 400 g/mol. The molecule has 0 heterocycles. The number of carbonyl (C=O) groups is 2. The molecule has 1 rings (SSSR count). The van der Waals surface area contributed by atoms with Crippen LogP contribution in [0.3, 0.4) is 0 Å². The molecule has 0 bridgehead atoms. The predicted octanol–water partition coefficient (Wildman–Crippen LogP) is 7.16. The Bertz CT molecular complexity index is 845. The van der Waals surface area contributed by atoms with Gasteiger partial charge in [-0.15, -0.1) is 13.2 Å². The lowest BCUT2D eigenvalue weighted by molar-refractivity contribution is 0.0677. The molecule has 2 N–H and O–H groups in total. The van der Waals surface area contributed by atoms with E-state index in [4.69, 9.17) is 0 Å². The van der Waals surface area contributed by atoms with Crippen molar-refractivity contribution < 1.29 is 19.8 Å². The highest BCUT2D eigenvalue weighted by Gasteiger charge is 2.31. The van der Waals surface area contributed by atoms with Crippen LogP contribution in [-0.2, 0) is 0 Å². The van der Waals surface area contributed by atoms with Gasteiger partial charge in [0.15, 0.2) is 0 Å². The topological polar surface area (TPSA) is 74.6 Å². The Hall–Kier alpha value is -3.40. The maximum absolute atomic E-state index is 12.2. The average molecular weight is 435 g/mol. The van der Waals surface area contributed by atoms with Gasteiger partial charge in [0.1, 0.15) is 0 Å². The number of hydrogen-bond donors (Lipinski definition) is 2. The van der Waals surface area contributed by atoms with E-state index in [1.54, 1.807) is 24.3 Å². The molecule has 0 amide bonds. The number of carboxylic acid groups (broad SMARTS) is 2. The van der Waals surface area contributed by atoms with Crippen LogP contribution in [0.15, 0.2) is 87.1 Å². The van der Waals surface area contributed by atoms with Gasteiger partial charge in [-0.05, 0) is 59.8 Å². The minimum Gasteiger partial charge on any atom is -0.478 e. The van der Waals surface area contributed by atoms with Crippen LogP contribution in [0.4, 0.5) is 0 Å². The summed E-state index contributed by atoms with van der Waals surface area (Å²) in [7, 11) is 0. The van der Waals surface area contributed by atoms with E-state index >= 15 is 0 Å². The van der Waals surface area contributed by atoms with Crippen molar-refractivity contribution >= 4 is 11.9 Å². The molecule has 1 aromatic rings. The van der Waals surface area contributed by atoms with Crippen LogP contribution >= 0.6 is 0 Å². The highest BCUT2D eigenvalue weighted by Crippen LogP contribution is 2.41. The summed E-state index contributed by atoms with van der Waals surface area (Å²) in [6.07, 6.45) is 15.8. The van der Waals surface area contributed by atoms with Crippen LogP contribution in [0, 0.1) is 11.8 Å². The van der Waals surface area contributed by atoms with E-state index < -0.39 is 11.9 Å². The van der Waals surface area contributed by atoms with E-state index in [2.05, 4.69) is 26.3 Å². The highest BCUT2D eigenvalue weighted by atomic mass is 16.4. The fraction of sp³-hybridized carbons (Fsp3) is 0.286. The molecule has 4 unspecified atom stereocenters. The largest absolute Gasteiger partial charge is 0.478 e. The molecule has 0 saturated heterocycles. The third kappa shape index (κ3) is 6.55. The first-order chi connectivity index (χ1) is 15.2. The first kappa shape index (κ1) is 26.6. The molecular formula is C28H34O4. The van der Waals surface area contributed by atoms with Crippen LogP contribution in [0.5, 0.6) is 0 Å². The minimum absolute atomic E-state index is 0.0814. The van der Waals surface area contributed by atoms with Crippen molar-refractivity contribution in [2.24, 2.45) is 11.8 Å². The second-order valence-corrected chi connectivity index (χ2v) is 7.77. The molecule has 0 fully saturated rings. The SMILES string of the molecule is C=CC=CCC(C=C)C(C)c1c(C(=O)O)ccc(C(=O)O)c1C(C)C(C=C)CC=CC=C. The lowest BCUT2D eigenvalue weighted by Gasteiger charge is -2.30. The summed E-state index contributed by atoms with van der Waals surface area (Å²) in [5, 5.41) is 19.9. The van der Waals surface area contributed by atoms with Crippen molar-refractivity contribution in [3.63, 3.8) is 0 Å². The van der Waals surface area contributed by atoms with Crippen molar-refractivity contribution in [3.8, 4) is 0 Å². The molecule has 0 saturated carbocycles. The molecule has 0 aliphatic carbocycles. The molecule has 1 aromatic carbocycles. The van der Waals surface area contributed by atoms with Gasteiger partial charge in [0.25, 0.3) is 0 Å². The third-order valence-corrected chi connectivity index (χ3v) is 5.91. The van der Waals surface area contributed by atoms with Gasteiger partial charge in [0.2, 0.25) is 0 Å². The highest BCUT2D eigenvalue weighted by molar-refractivity contribution is 5.95. The zero-order valence-corrected chi connectivity index (χ0v) is 19.0. The number of benzene rings is 1. The number of aromatic carboxylic acids is 2. The molecule has 4 heteroatoms. The number of carboxylic acids is 2. The van der Waals surface area contributed by atoms with Gasteiger partial charge in [-0.2, -0.15) is 0 Å². The maximum Gasteiger partial charge on any atom is 0.335 e. The summed E-state index contributed by atoms with van der Waals surface area (Å²) in [6.45, 7) is 19.1. The first-order valence-corrected chi connectivity index (χ1v) is 10.7. The van der Waals surface area contributed by atoms with E-state index in [1.807, 2.05) is 38.2 Å². The van der Waals surface area contributed by atoms with Crippen LogP contribution < -0.4 is 0 Å². The fourth-order valence-electron chi connectivity index (χ4n) is 4.09.